The molecule has 2 N–H and O–H groups in total. The summed E-state index contributed by atoms with van der Waals surface area (Å²) in [5.41, 5.74) is 1.40. The maximum atomic E-state index is 4.48. The first-order chi connectivity index (χ1) is 13.3. The van der Waals surface area contributed by atoms with Gasteiger partial charge in [-0.05, 0) is 24.9 Å². The van der Waals surface area contributed by atoms with Crippen molar-refractivity contribution < 1.29 is 0 Å². The van der Waals surface area contributed by atoms with Gasteiger partial charge in [0, 0.05) is 71.5 Å². The van der Waals surface area contributed by atoms with E-state index in [0.717, 1.165) is 25.6 Å². The minimum absolute atomic E-state index is 0. The van der Waals surface area contributed by atoms with Gasteiger partial charge in [-0.25, -0.2) is 0 Å². The molecule has 5 rings (SSSR count). The molecular weight excluding hydrogens is 463 g/mol. The van der Waals surface area contributed by atoms with Crippen LogP contribution in [0.4, 0.5) is 0 Å². The monoisotopic (exact) mass is 498 g/mol. The van der Waals surface area contributed by atoms with Gasteiger partial charge < -0.3 is 10.6 Å². The fourth-order valence-electron chi connectivity index (χ4n) is 4.68. The zero-order valence-electron chi connectivity index (χ0n) is 17.0. The molecule has 4 fully saturated rings. The number of hydrogen-bond donors (Lipinski definition) is 2. The number of nitrogens with one attached hydrogen (secondary N) is 2. The molecule has 4 heterocycles. The SMILES string of the molecule is CN=C(NCC1CN2CCN1CC2)NC1CCCN(Cc2ccccc2)C1.I. The summed E-state index contributed by atoms with van der Waals surface area (Å²) in [6.45, 7) is 10.4. The van der Waals surface area contributed by atoms with Crippen molar-refractivity contribution >= 4 is 29.9 Å². The molecule has 7 heteroatoms. The molecule has 0 radical (unpaired) electrons. The quantitative estimate of drug-likeness (QED) is 0.366. The lowest BCUT2D eigenvalue weighted by Gasteiger charge is -2.47. The Morgan fingerprint density at radius 2 is 1.86 bits per heavy atom. The number of rotatable bonds is 5. The Morgan fingerprint density at radius 3 is 2.54 bits per heavy atom. The number of nitrogens with zero attached hydrogens (tertiary/aromatic N) is 4. The van der Waals surface area contributed by atoms with Crippen molar-refractivity contribution in [2.24, 2.45) is 4.99 Å². The summed E-state index contributed by atoms with van der Waals surface area (Å²) in [6, 6.07) is 11.9. The number of aliphatic imine (C=N–C) groups is 1. The van der Waals surface area contributed by atoms with E-state index in [2.05, 4.69) is 60.7 Å². The molecule has 4 aliphatic heterocycles. The summed E-state index contributed by atoms with van der Waals surface area (Å²) < 4.78 is 0. The molecule has 0 spiro atoms. The average molecular weight is 498 g/mol. The van der Waals surface area contributed by atoms with Crippen molar-refractivity contribution in [3.05, 3.63) is 35.9 Å². The Hall–Kier alpha value is -0.900. The molecular formula is C21H35IN6. The van der Waals surface area contributed by atoms with Crippen LogP contribution in [0.2, 0.25) is 0 Å². The standard InChI is InChI=1S/C21H34N6.HI/c1-22-21(23-14-20-17-25-10-12-27(20)13-11-25)24-19-8-5-9-26(16-19)15-18-6-3-2-4-7-18;/h2-4,6-7,19-20H,5,8-17H2,1H3,(H2,22,23,24);1H. The Balaban J connectivity index is 0.00000225. The van der Waals surface area contributed by atoms with E-state index in [1.54, 1.807) is 0 Å². The smallest absolute Gasteiger partial charge is 0.191 e. The van der Waals surface area contributed by atoms with E-state index in [1.807, 2.05) is 7.05 Å². The zero-order chi connectivity index (χ0) is 18.5. The molecule has 4 saturated heterocycles. The lowest BCUT2D eigenvalue weighted by Crippen LogP contribution is -2.64. The van der Waals surface area contributed by atoms with Crippen LogP contribution < -0.4 is 10.6 Å². The predicted molar refractivity (Wildman–Crippen MR) is 126 cm³/mol. The van der Waals surface area contributed by atoms with Gasteiger partial charge >= 0.3 is 0 Å². The van der Waals surface area contributed by atoms with Gasteiger partial charge in [-0.15, -0.1) is 24.0 Å². The van der Waals surface area contributed by atoms with Crippen molar-refractivity contribution in [1.29, 1.82) is 0 Å². The first-order valence-corrected chi connectivity index (χ1v) is 10.5. The maximum Gasteiger partial charge on any atom is 0.191 e. The Labute approximate surface area is 186 Å². The fourth-order valence-corrected chi connectivity index (χ4v) is 4.68. The van der Waals surface area contributed by atoms with E-state index in [4.69, 9.17) is 0 Å². The van der Waals surface area contributed by atoms with Crippen LogP contribution >= 0.6 is 24.0 Å². The van der Waals surface area contributed by atoms with E-state index < -0.39 is 0 Å². The molecule has 0 aromatic heterocycles. The first-order valence-electron chi connectivity index (χ1n) is 10.5. The van der Waals surface area contributed by atoms with Crippen LogP contribution in [0.3, 0.4) is 0 Å². The van der Waals surface area contributed by atoms with Gasteiger partial charge in [-0.1, -0.05) is 30.3 Å². The summed E-state index contributed by atoms with van der Waals surface area (Å²) in [5, 5.41) is 7.26. The second kappa shape index (κ2) is 10.8. The predicted octanol–water partition coefficient (Wildman–Crippen LogP) is 1.43. The Morgan fingerprint density at radius 1 is 1.07 bits per heavy atom. The van der Waals surface area contributed by atoms with Gasteiger partial charge in [0.25, 0.3) is 0 Å². The lowest BCUT2D eigenvalue weighted by molar-refractivity contribution is 0.0154. The van der Waals surface area contributed by atoms with Crippen molar-refractivity contribution in [3.8, 4) is 0 Å². The summed E-state index contributed by atoms with van der Waals surface area (Å²) >= 11 is 0. The summed E-state index contributed by atoms with van der Waals surface area (Å²) in [4.78, 5) is 12.3. The van der Waals surface area contributed by atoms with Gasteiger partial charge in [0.1, 0.15) is 0 Å². The molecule has 156 valence electrons. The highest BCUT2D eigenvalue weighted by Crippen LogP contribution is 2.15. The maximum absolute atomic E-state index is 4.48. The minimum atomic E-state index is 0. The van der Waals surface area contributed by atoms with Crippen molar-refractivity contribution in [1.82, 2.24) is 25.3 Å². The lowest BCUT2D eigenvalue weighted by atomic mass is 10.0. The highest BCUT2D eigenvalue weighted by molar-refractivity contribution is 14.0. The van der Waals surface area contributed by atoms with E-state index in [1.165, 1.54) is 57.7 Å². The number of piperazine rings is 3. The Kier molecular flexibility index (Phi) is 8.37. The van der Waals surface area contributed by atoms with Gasteiger partial charge in [0.2, 0.25) is 0 Å². The summed E-state index contributed by atoms with van der Waals surface area (Å²) in [7, 11) is 1.89. The molecule has 2 bridgehead atoms. The van der Waals surface area contributed by atoms with Crippen LogP contribution in [0.15, 0.2) is 35.3 Å². The van der Waals surface area contributed by atoms with Gasteiger partial charge in [0.05, 0.1) is 0 Å². The average Bonchev–Trinajstić information content (AvgIpc) is 2.73. The van der Waals surface area contributed by atoms with Crippen molar-refractivity contribution in [2.45, 2.75) is 31.5 Å². The minimum Gasteiger partial charge on any atom is -0.355 e. The molecule has 1 aromatic carbocycles. The second-order valence-electron chi connectivity index (χ2n) is 8.15. The largest absolute Gasteiger partial charge is 0.355 e. The van der Waals surface area contributed by atoms with Crippen LogP contribution in [0.1, 0.15) is 18.4 Å². The molecule has 0 aliphatic carbocycles. The summed E-state index contributed by atoms with van der Waals surface area (Å²) in [6.07, 6.45) is 2.46. The normalized spacial score (nSPS) is 30.5. The molecule has 2 atom stereocenters. The third kappa shape index (κ3) is 5.81. The number of guanidine groups is 1. The van der Waals surface area contributed by atoms with E-state index in [9.17, 15) is 0 Å². The molecule has 4 aliphatic rings. The molecule has 0 saturated carbocycles. The van der Waals surface area contributed by atoms with Crippen LogP contribution in [0.25, 0.3) is 0 Å². The number of hydrogen-bond acceptors (Lipinski definition) is 4. The van der Waals surface area contributed by atoms with Crippen LogP contribution in [-0.4, -0.2) is 92.1 Å². The van der Waals surface area contributed by atoms with E-state index >= 15 is 0 Å². The van der Waals surface area contributed by atoms with Gasteiger partial charge in [-0.3, -0.25) is 19.7 Å². The first kappa shape index (κ1) is 21.8. The van der Waals surface area contributed by atoms with Crippen LogP contribution in [0.5, 0.6) is 0 Å². The second-order valence-corrected chi connectivity index (χ2v) is 8.15. The van der Waals surface area contributed by atoms with Crippen LogP contribution in [0, 0.1) is 0 Å². The topological polar surface area (TPSA) is 46.1 Å². The van der Waals surface area contributed by atoms with Crippen LogP contribution in [-0.2, 0) is 6.54 Å². The van der Waals surface area contributed by atoms with E-state index in [-0.39, 0.29) is 24.0 Å². The molecule has 0 amide bonds. The van der Waals surface area contributed by atoms with Crippen molar-refractivity contribution in [2.75, 3.05) is 59.4 Å². The summed E-state index contributed by atoms with van der Waals surface area (Å²) in [5.74, 6) is 0.958. The zero-order valence-corrected chi connectivity index (χ0v) is 19.3. The number of piperidine rings is 1. The third-order valence-electron chi connectivity index (χ3n) is 6.22. The molecule has 28 heavy (non-hydrogen) atoms. The third-order valence-corrected chi connectivity index (χ3v) is 6.22. The number of fused-ring (bicyclic) bond motifs is 3. The fraction of sp³-hybridized carbons (Fsp3) is 0.667. The van der Waals surface area contributed by atoms with Gasteiger partial charge in [-0.2, -0.15) is 0 Å². The van der Waals surface area contributed by atoms with Crippen molar-refractivity contribution in [3.63, 3.8) is 0 Å². The molecule has 2 unspecified atom stereocenters. The number of likely N-dealkylation sites (tertiary alicyclic amines) is 1. The van der Waals surface area contributed by atoms with E-state index in [0.29, 0.717) is 12.1 Å². The highest BCUT2D eigenvalue weighted by Gasteiger charge is 2.31. The van der Waals surface area contributed by atoms with Gasteiger partial charge in [0.15, 0.2) is 5.96 Å². The number of benzene rings is 1. The molecule has 6 nitrogen and oxygen atoms in total. The Bertz CT molecular complexity index is 617. The highest BCUT2D eigenvalue weighted by atomic mass is 127. The molecule has 1 aromatic rings. The number of halogens is 1.